The van der Waals surface area contributed by atoms with Gasteiger partial charge in [0.2, 0.25) is 0 Å². The molecule has 0 aliphatic carbocycles. The average molecular weight is 207 g/mol. The van der Waals surface area contributed by atoms with Gasteiger partial charge >= 0.3 is 0 Å². The van der Waals surface area contributed by atoms with E-state index in [0.717, 1.165) is 0 Å². The minimum absolute atomic E-state index is 0.135. The van der Waals surface area contributed by atoms with Crippen molar-refractivity contribution in [3.63, 3.8) is 0 Å². The summed E-state index contributed by atoms with van der Waals surface area (Å²) in [5.41, 5.74) is -0.607. The molecule has 0 aliphatic heterocycles. The van der Waals surface area contributed by atoms with Gasteiger partial charge in [0.05, 0.1) is 24.3 Å². The highest BCUT2D eigenvalue weighted by Gasteiger charge is 2.23. The number of aliphatic hydroxyl groups is 1. The Balaban J connectivity index is 3.46. The summed E-state index contributed by atoms with van der Waals surface area (Å²) in [6.07, 6.45) is 0. The van der Waals surface area contributed by atoms with Gasteiger partial charge in [-0.05, 0) is 19.9 Å². The minimum Gasteiger partial charge on any atom is -0.504 e. The molecule has 80 valence electrons. The standard InChI is InChI=1S/C11H13NO3/c1-11(2,14)8-4-7(6-12)5-9(15-3)10(8)13/h4-5,13-14H,1-3H3. The summed E-state index contributed by atoms with van der Waals surface area (Å²) in [5, 5.41) is 28.3. The fourth-order valence-corrected chi connectivity index (χ4v) is 1.29. The SMILES string of the molecule is COc1cc(C#N)cc(C(C)(C)O)c1O. The monoisotopic (exact) mass is 207 g/mol. The van der Waals surface area contributed by atoms with E-state index in [2.05, 4.69) is 0 Å². The molecule has 4 heteroatoms. The molecule has 0 amide bonds. The van der Waals surface area contributed by atoms with Gasteiger partial charge in [0.1, 0.15) is 0 Å². The predicted molar refractivity (Wildman–Crippen MR) is 54.6 cm³/mol. The molecule has 1 rings (SSSR count). The first-order valence-electron chi connectivity index (χ1n) is 4.44. The Labute approximate surface area is 88.4 Å². The average Bonchev–Trinajstić information content (AvgIpc) is 2.16. The van der Waals surface area contributed by atoms with Crippen molar-refractivity contribution in [2.45, 2.75) is 19.4 Å². The quantitative estimate of drug-likeness (QED) is 0.770. The Morgan fingerprint density at radius 2 is 2.00 bits per heavy atom. The molecule has 0 saturated carbocycles. The topological polar surface area (TPSA) is 73.5 Å². The highest BCUT2D eigenvalue weighted by molar-refractivity contribution is 5.53. The van der Waals surface area contributed by atoms with Gasteiger partial charge < -0.3 is 14.9 Å². The van der Waals surface area contributed by atoms with E-state index in [1.54, 1.807) is 0 Å². The first-order chi connectivity index (χ1) is 6.90. The molecule has 0 atom stereocenters. The van der Waals surface area contributed by atoms with Crippen molar-refractivity contribution < 1.29 is 14.9 Å². The summed E-state index contributed by atoms with van der Waals surface area (Å²) in [6.45, 7) is 3.06. The van der Waals surface area contributed by atoms with E-state index in [1.165, 1.54) is 33.1 Å². The molecule has 1 aromatic rings. The molecule has 0 fully saturated rings. The van der Waals surface area contributed by atoms with Crippen molar-refractivity contribution in [3.8, 4) is 17.6 Å². The van der Waals surface area contributed by atoms with Gasteiger partial charge in [-0.1, -0.05) is 0 Å². The van der Waals surface area contributed by atoms with Crippen LogP contribution in [0.3, 0.4) is 0 Å². The summed E-state index contributed by atoms with van der Waals surface area (Å²) in [6, 6.07) is 4.80. The highest BCUT2D eigenvalue weighted by atomic mass is 16.5. The number of rotatable bonds is 2. The van der Waals surface area contributed by atoms with Crippen LogP contribution in [0.15, 0.2) is 12.1 Å². The third kappa shape index (κ3) is 2.20. The number of nitrogens with zero attached hydrogens (tertiary/aromatic N) is 1. The third-order valence-corrected chi connectivity index (χ3v) is 2.08. The summed E-state index contributed by atoms with van der Waals surface area (Å²) < 4.78 is 4.91. The fraction of sp³-hybridized carbons (Fsp3) is 0.364. The highest BCUT2D eigenvalue weighted by Crippen LogP contribution is 2.37. The number of hydrogen-bond acceptors (Lipinski definition) is 4. The maximum Gasteiger partial charge on any atom is 0.163 e. The lowest BCUT2D eigenvalue weighted by Crippen LogP contribution is -2.16. The number of phenols is 1. The van der Waals surface area contributed by atoms with Crippen molar-refractivity contribution >= 4 is 0 Å². The second-order valence-electron chi connectivity index (χ2n) is 3.75. The molecule has 2 N–H and O–H groups in total. The van der Waals surface area contributed by atoms with Gasteiger partial charge in [-0.2, -0.15) is 5.26 Å². The molecule has 1 aromatic carbocycles. The van der Waals surface area contributed by atoms with E-state index in [-0.39, 0.29) is 17.1 Å². The Bertz CT molecular complexity index is 413. The lowest BCUT2D eigenvalue weighted by atomic mass is 9.95. The molecule has 0 aliphatic rings. The van der Waals surface area contributed by atoms with Crippen LogP contribution in [-0.2, 0) is 5.60 Å². The number of ether oxygens (including phenoxy) is 1. The van der Waals surface area contributed by atoms with Gasteiger partial charge in [-0.3, -0.25) is 0 Å². The van der Waals surface area contributed by atoms with Crippen LogP contribution in [0.4, 0.5) is 0 Å². The number of hydrogen-bond donors (Lipinski definition) is 2. The van der Waals surface area contributed by atoms with Crippen LogP contribution in [0.25, 0.3) is 0 Å². The van der Waals surface area contributed by atoms with Crippen LogP contribution in [-0.4, -0.2) is 17.3 Å². The summed E-state index contributed by atoms with van der Waals surface area (Å²) in [5.74, 6) is 0.0511. The fourth-order valence-electron chi connectivity index (χ4n) is 1.29. The summed E-state index contributed by atoms with van der Waals surface area (Å²) in [4.78, 5) is 0. The largest absolute Gasteiger partial charge is 0.504 e. The van der Waals surface area contributed by atoms with Crippen LogP contribution in [0.1, 0.15) is 25.0 Å². The van der Waals surface area contributed by atoms with Crippen LogP contribution in [0.2, 0.25) is 0 Å². The van der Waals surface area contributed by atoms with Gasteiger partial charge in [0.25, 0.3) is 0 Å². The Hall–Kier alpha value is -1.73. The van der Waals surface area contributed by atoms with Crippen LogP contribution in [0, 0.1) is 11.3 Å². The molecular weight excluding hydrogens is 194 g/mol. The first-order valence-corrected chi connectivity index (χ1v) is 4.44. The Kier molecular flexibility index (Phi) is 2.87. The van der Waals surface area contributed by atoms with Crippen LogP contribution < -0.4 is 4.74 Å². The molecule has 0 aromatic heterocycles. The molecular formula is C11H13NO3. The number of nitriles is 1. The lowest BCUT2D eigenvalue weighted by molar-refractivity contribution is 0.0753. The van der Waals surface area contributed by atoms with E-state index in [9.17, 15) is 10.2 Å². The van der Waals surface area contributed by atoms with E-state index < -0.39 is 5.60 Å². The summed E-state index contributed by atoms with van der Waals surface area (Å²) >= 11 is 0. The molecule has 4 nitrogen and oxygen atoms in total. The smallest absolute Gasteiger partial charge is 0.163 e. The van der Waals surface area contributed by atoms with Crippen LogP contribution >= 0.6 is 0 Å². The summed E-state index contributed by atoms with van der Waals surface area (Å²) in [7, 11) is 1.39. The van der Waals surface area contributed by atoms with Gasteiger partial charge in [-0.15, -0.1) is 0 Å². The lowest BCUT2D eigenvalue weighted by Gasteiger charge is -2.20. The zero-order valence-electron chi connectivity index (χ0n) is 8.90. The maximum absolute atomic E-state index is 9.78. The number of benzene rings is 1. The van der Waals surface area contributed by atoms with Crippen molar-refractivity contribution in [1.82, 2.24) is 0 Å². The van der Waals surface area contributed by atoms with Crippen molar-refractivity contribution in [3.05, 3.63) is 23.3 Å². The Morgan fingerprint density at radius 3 is 2.40 bits per heavy atom. The molecule has 0 saturated heterocycles. The Morgan fingerprint density at radius 1 is 1.40 bits per heavy atom. The van der Waals surface area contributed by atoms with Crippen molar-refractivity contribution in [2.75, 3.05) is 7.11 Å². The first kappa shape index (κ1) is 11.3. The van der Waals surface area contributed by atoms with E-state index >= 15 is 0 Å². The molecule has 0 heterocycles. The molecule has 0 spiro atoms. The predicted octanol–water partition coefficient (Wildman–Crippen LogP) is 1.50. The molecule has 15 heavy (non-hydrogen) atoms. The molecule has 0 unspecified atom stereocenters. The van der Waals surface area contributed by atoms with Crippen molar-refractivity contribution in [2.24, 2.45) is 0 Å². The number of aromatic hydroxyl groups is 1. The van der Waals surface area contributed by atoms with Gasteiger partial charge in [-0.25, -0.2) is 0 Å². The van der Waals surface area contributed by atoms with Crippen molar-refractivity contribution in [1.29, 1.82) is 5.26 Å². The normalized spacial score (nSPS) is 10.9. The third-order valence-electron chi connectivity index (χ3n) is 2.08. The zero-order chi connectivity index (χ0) is 11.6. The molecule has 0 bridgehead atoms. The molecule has 0 radical (unpaired) electrons. The number of phenolic OH excluding ortho intramolecular Hbond substituents is 1. The van der Waals surface area contributed by atoms with Gasteiger partial charge in [0.15, 0.2) is 11.5 Å². The van der Waals surface area contributed by atoms with E-state index in [4.69, 9.17) is 10.00 Å². The van der Waals surface area contributed by atoms with Gasteiger partial charge in [0, 0.05) is 11.6 Å². The van der Waals surface area contributed by atoms with E-state index in [1.807, 2.05) is 6.07 Å². The zero-order valence-corrected chi connectivity index (χ0v) is 8.90. The van der Waals surface area contributed by atoms with E-state index in [0.29, 0.717) is 5.56 Å². The maximum atomic E-state index is 9.78. The number of methoxy groups -OCH3 is 1. The second-order valence-corrected chi connectivity index (χ2v) is 3.75. The second kappa shape index (κ2) is 3.79. The minimum atomic E-state index is -1.22. The van der Waals surface area contributed by atoms with Crippen LogP contribution in [0.5, 0.6) is 11.5 Å².